The molecule has 0 saturated heterocycles. The summed E-state index contributed by atoms with van der Waals surface area (Å²) in [6.45, 7) is 9.98. The minimum absolute atomic E-state index is 0.0190. The minimum atomic E-state index is -4.14. The van der Waals surface area contributed by atoms with Crippen molar-refractivity contribution in [3.63, 3.8) is 0 Å². The molecule has 0 unspecified atom stereocenters. The summed E-state index contributed by atoms with van der Waals surface area (Å²) in [6.07, 6.45) is 0.909. The molecule has 41 heavy (non-hydrogen) atoms. The Morgan fingerprint density at radius 1 is 0.927 bits per heavy atom. The quantitative estimate of drug-likeness (QED) is 0.271. The first kappa shape index (κ1) is 32.2. The Morgan fingerprint density at radius 2 is 1.59 bits per heavy atom. The lowest BCUT2D eigenvalue weighted by Crippen LogP contribution is -2.53. The first-order chi connectivity index (χ1) is 19.4. The van der Waals surface area contributed by atoms with Gasteiger partial charge in [-0.25, -0.2) is 8.42 Å². The van der Waals surface area contributed by atoms with Crippen molar-refractivity contribution in [2.24, 2.45) is 5.92 Å². The van der Waals surface area contributed by atoms with E-state index in [-0.39, 0.29) is 23.3 Å². The van der Waals surface area contributed by atoms with Crippen LogP contribution < -0.4 is 9.62 Å². The summed E-state index contributed by atoms with van der Waals surface area (Å²) >= 11 is 6.03. The normalized spacial score (nSPS) is 12.2. The van der Waals surface area contributed by atoms with Crippen LogP contribution >= 0.6 is 11.6 Å². The second-order valence-electron chi connectivity index (χ2n) is 10.6. The van der Waals surface area contributed by atoms with Gasteiger partial charge in [-0.15, -0.1) is 0 Å². The highest BCUT2D eigenvalue weighted by atomic mass is 35.5. The number of hydrogen-bond acceptors (Lipinski definition) is 4. The number of carbonyl (C=O) groups is 2. The molecule has 0 aromatic heterocycles. The summed E-state index contributed by atoms with van der Waals surface area (Å²) in [5.41, 5.74) is 3.28. The Morgan fingerprint density at radius 3 is 2.17 bits per heavy atom. The molecule has 1 atom stereocenters. The molecule has 0 aliphatic carbocycles. The third-order valence-electron chi connectivity index (χ3n) is 7.01. The van der Waals surface area contributed by atoms with Crippen LogP contribution in [-0.2, 0) is 26.0 Å². The van der Waals surface area contributed by atoms with E-state index in [4.69, 9.17) is 11.6 Å². The zero-order valence-electron chi connectivity index (χ0n) is 24.4. The first-order valence-corrected chi connectivity index (χ1v) is 15.7. The summed E-state index contributed by atoms with van der Waals surface area (Å²) in [4.78, 5) is 28.9. The molecule has 0 radical (unpaired) electrons. The van der Waals surface area contributed by atoms with Gasteiger partial charge in [0.25, 0.3) is 10.0 Å². The number of anilines is 1. The van der Waals surface area contributed by atoms with Gasteiger partial charge < -0.3 is 10.2 Å². The molecule has 0 spiro atoms. The van der Waals surface area contributed by atoms with Gasteiger partial charge in [0.2, 0.25) is 11.8 Å². The number of benzene rings is 3. The van der Waals surface area contributed by atoms with Crippen molar-refractivity contribution in [3.05, 3.63) is 94.5 Å². The number of aryl methyl sites for hydroxylation is 2. The largest absolute Gasteiger partial charge is 0.354 e. The van der Waals surface area contributed by atoms with Gasteiger partial charge in [-0.05, 0) is 85.7 Å². The molecule has 0 bridgehead atoms. The number of sulfonamides is 1. The van der Waals surface area contributed by atoms with E-state index in [0.29, 0.717) is 30.1 Å². The molecular formula is C32H40ClN3O4S. The fourth-order valence-electron chi connectivity index (χ4n) is 4.46. The van der Waals surface area contributed by atoms with E-state index in [9.17, 15) is 18.0 Å². The molecular weight excluding hydrogens is 558 g/mol. The molecule has 3 rings (SSSR count). The first-order valence-electron chi connectivity index (χ1n) is 13.9. The van der Waals surface area contributed by atoms with Crippen LogP contribution in [0.25, 0.3) is 0 Å². The lowest BCUT2D eigenvalue weighted by atomic mass is 10.1. The molecule has 220 valence electrons. The van der Waals surface area contributed by atoms with E-state index in [1.54, 1.807) is 12.1 Å². The molecule has 0 fully saturated rings. The number of nitrogens with one attached hydrogen (secondary N) is 1. The van der Waals surface area contributed by atoms with Crippen LogP contribution in [0.1, 0.15) is 43.9 Å². The lowest BCUT2D eigenvalue weighted by molar-refractivity contribution is -0.139. The SMILES string of the molecule is CC[C@H](C(=O)NCC(C)C)N(CCc1ccccc1)C(=O)CN(c1ccc(C)c(C)c1)S(=O)(=O)c1ccc(Cl)cc1. The van der Waals surface area contributed by atoms with E-state index in [1.807, 2.05) is 71.0 Å². The van der Waals surface area contributed by atoms with E-state index in [2.05, 4.69) is 5.32 Å². The van der Waals surface area contributed by atoms with Gasteiger partial charge >= 0.3 is 0 Å². The van der Waals surface area contributed by atoms with Crippen molar-refractivity contribution >= 4 is 39.1 Å². The van der Waals surface area contributed by atoms with Crippen LogP contribution in [0.3, 0.4) is 0 Å². The van der Waals surface area contributed by atoms with Crippen molar-refractivity contribution in [2.75, 3.05) is 23.9 Å². The summed E-state index contributed by atoms with van der Waals surface area (Å²) in [5.74, 6) is -0.459. The highest BCUT2D eigenvalue weighted by Crippen LogP contribution is 2.27. The van der Waals surface area contributed by atoms with E-state index in [1.165, 1.54) is 29.2 Å². The van der Waals surface area contributed by atoms with Crippen molar-refractivity contribution < 1.29 is 18.0 Å². The summed E-state index contributed by atoms with van der Waals surface area (Å²) < 4.78 is 29.0. The summed E-state index contributed by atoms with van der Waals surface area (Å²) in [6, 6.07) is 20.1. The van der Waals surface area contributed by atoms with Gasteiger partial charge in [-0.1, -0.05) is 68.8 Å². The monoisotopic (exact) mass is 597 g/mol. The Hall–Kier alpha value is -3.36. The number of amides is 2. The van der Waals surface area contributed by atoms with Gasteiger partial charge in [-0.3, -0.25) is 13.9 Å². The van der Waals surface area contributed by atoms with Crippen molar-refractivity contribution in [3.8, 4) is 0 Å². The fraction of sp³-hybridized carbons (Fsp3) is 0.375. The van der Waals surface area contributed by atoms with E-state index in [0.717, 1.165) is 21.0 Å². The molecule has 1 N–H and O–H groups in total. The van der Waals surface area contributed by atoms with Crippen LogP contribution in [0.2, 0.25) is 5.02 Å². The smallest absolute Gasteiger partial charge is 0.264 e. The topological polar surface area (TPSA) is 86.8 Å². The number of rotatable bonds is 13. The number of nitrogens with zero attached hydrogens (tertiary/aromatic N) is 2. The molecule has 2 amide bonds. The third-order valence-corrected chi connectivity index (χ3v) is 9.05. The van der Waals surface area contributed by atoms with E-state index < -0.39 is 28.5 Å². The van der Waals surface area contributed by atoms with Crippen LogP contribution in [-0.4, -0.2) is 50.8 Å². The second kappa shape index (κ2) is 14.5. The summed E-state index contributed by atoms with van der Waals surface area (Å²) in [7, 11) is -4.14. The van der Waals surface area contributed by atoms with Crippen LogP contribution in [0.15, 0.2) is 77.7 Å². The van der Waals surface area contributed by atoms with Crippen LogP contribution in [0, 0.1) is 19.8 Å². The molecule has 3 aromatic rings. The van der Waals surface area contributed by atoms with Gasteiger partial charge in [0.15, 0.2) is 0 Å². The zero-order valence-corrected chi connectivity index (χ0v) is 26.0. The molecule has 0 aliphatic heterocycles. The van der Waals surface area contributed by atoms with Gasteiger partial charge in [0.05, 0.1) is 10.6 Å². The van der Waals surface area contributed by atoms with Gasteiger partial charge in [0.1, 0.15) is 12.6 Å². The highest BCUT2D eigenvalue weighted by molar-refractivity contribution is 7.92. The Labute approximate surface area is 249 Å². The highest BCUT2D eigenvalue weighted by Gasteiger charge is 2.33. The number of hydrogen-bond donors (Lipinski definition) is 1. The molecule has 9 heteroatoms. The fourth-order valence-corrected chi connectivity index (χ4v) is 5.99. The van der Waals surface area contributed by atoms with Crippen molar-refractivity contribution in [2.45, 2.75) is 58.4 Å². The number of halogens is 1. The molecule has 0 aliphatic rings. The molecule has 0 heterocycles. The van der Waals surface area contributed by atoms with Gasteiger partial charge in [-0.2, -0.15) is 0 Å². The predicted molar refractivity (Wildman–Crippen MR) is 166 cm³/mol. The maximum atomic E-state index is 14.1. The van der Waals surface area contributed by atoms with Crippen molar-refractivity contribution in [1.29, 1.82) is 0 Å². The average Bonchev–Trinajstić information content (AvgIpc) is 2.94. The van der Waals surface area contributed by atoms with Crippen LogP contribution in [0.4, 0.5) is 5.69 Å². The average molecular weight is 598 g/mol. The standard InChI is InChI=1S/C32H40ClN3O4S/c1-6-30(32(38)34-21-23(2)3)35(19-18-26-10-8-7-9-11-26)31(37)22-36(28-15-12-24(4)25(5)20-28)41(39,40)29-16-13-27(33)14-17-29/h7-17,20,23,30H,6,18-19,21-22H2,1-5H3,(H,34,38)/t30-/m1/s1. The molecule has 7 nitrogen and oxygen atoms in total. The van der Waals surface area contributed by atoms with E-state index >= 15 is 0 Å². The zero-order chi connectivity index (χ0) is 30.2. The maximum Gasteiger partial charge on any atom is 0.264 e. The lowest BCUT2D eigenvalue weighted by Gasteiger charge is -2.33. The van der Waals surface area contributed by atoms with Crippen LogP contribution in [0.5, 0.6) is 0 Å². The Kier molecular flexibility index (Phi) is 11.4. The maximum absolute atomic E-state index is 14.1. The van der Waals surface area contributed by atoms with Crippen molar-refractivity contribution in [1.82, 2.24) is 10.2 Å². The number of carbonyl (C=O) groups excluding carboxylic acids is 2. The minimum Gasteiger partial charge on any atom is -0.354 e. The second-order valence-corrected chi connectivity index (χ2v) is 12.9. The third kappa shape index (κ3) is 8.57. The Balaban J connectivity index is 2.02. The Bertz CT molecular complexity index is 1430. The predicted octanol–water partition coefficient (Wildman–Crippen LogP) is 5.77. The van der Waals surface area contributed by atoms with Gasteiger partial charge in [0, 0.05) is 18.1 Å². The summed E-state index contributed by atoms with van der Waals surface area (Å²) in [5, 5.41) is 3.36. The molecule has 0 saturated carbocycles. The molecule has 3 aromatic carbocycles.